The maximum atomic E-state index is 10.9. The van der Waals surface area contributed by atoms with Crippen LogP contribution in [-0.4, -0.2) is 24.1 Å². The third kappa shape index (κ3) is 2.30. The smallest absolute Gasteiger partial charge is 0.292 e. The van der Waals surface area contributed by atoms with E-state index < -0.39 is 0 Å². The van der Waals surface area contributed by atoms with Gasteiger partial charge in [-0.3, -0.25) is 10.1 Å². The Hall–Kier alpha value is -1.62. The normalized spacial score (nSPS) is 19.7. The number of benzene rings is 1. The molecule has 0 aromatic heterocycles. The van der Waals surface area contributed by atoms with E-state index in [0.29, 0.717) is 11.7 Å². The number of aryl methyl sites for hydroxylation is 1. The van der Waals surface area contributed by atoms with E-state index in [1.165, 1.54) is 0 Å². The van der Waals surface area contributed by atoms with Crippen LogP contribution in [0.25, 0.3) is 0 Å². The van der Waals surface area contributed by atoms with Crippen molar-refractivity contribution in [3.63, 3.8) is 0 Å². The van der Waals surface area contributed by atoms with Crippen LogP contribution in [0.1, 0.15) is 12.0 Å². The summed E-state index contributed by atoms with van der Waals surface area (Å²) in [5.41, 5.74) is 1.68. The second kappa shape index (κ2) is 4.49. The Kier molecular flexibility index (Phi) is 3.05. The lowest BCUT2D eigenvalue weighted by atomic mass is 10.1. The van der Waals surface area contributed by atoms with Gasteiger partial charge in [-0.25, -0.2) is 0 Å². The topological polar surface area (TPSA) is 67.2 Å². The molecule has 1 unspecified atom stereocenters. The third-order valence-electron chi connectivity index (χ3n) is 2.77. The van der Waals surface area contributed by atoms with Crippen molar-refractivity contribution in [1.29, 1.82) is 0 Å². The fourth-order valence-electron chi connectivity index (χ4n) is 1.91. The van der Waals surface area contributed by atoms with Crippen molar-refractivity contribution in [3.05, 3.63) is 33.9 Å². The molecule has 5 heteroatoms. The highest BCUT2D eigenvalue weighted by molar-refractivity contribution is 5.63. The Morgan fingerprint density at radius 2 is 2.38 bits per heavy atom. The SMILES string of the molecule is Cc1ccc(NC2CCNC2)c([N+](=O)[O-])c1. The predicted molar refractivity (Wildman–Crippen MR) is 62.7 cm³/mol. The van der Waals surface area contributed by atoms with Gasteiger partial charge in [-0.2, -0.15) is 0 Å². The third-order valence-corrected chi connectivity index (χ3v) is 2.77. The van der Waals surface area contributed by atoms with E-state index >= 15 is 0 Å². The van der Waals surface area contributed by atoms with E-state index in [1.807, 2.05) is 13.0 Å². The Morgan fingerprint density at radius 1 is 1.56 bits per heavy atom. The van der Waals surface area contributed by atoms with Gasteiger partial charge in [0.05, 0.1) is 4.92 Å². The van der Waals surface area contributed by atoms with Gasteiger partial charge in [0.2, 0.25) is 0 Å². The summed E-state index contributed by atoms with van der Waals surface area (Å²) >= 11 is 0. The first-order valence-corrected chi connectivity index (χ1v) is 5.39. The van der Waals surface area contributed by atoms with Crippen molar-refractivity contribution < 1.29 is 4.92 Å². The average Bonchev–Trinajstić information content (AvgIpc) is 2.73. The number of anilines is 1. The number of nitrogens with zero attached hydrogens (tertiary/aromatic N) is 1. The van der Waals surface area contributed by atoms with Gasteiger partial charge in [0, 0.05) is 18.7 Å². The number of nitro groups is 1. The molecular weight excluding hydrogens is 206 g/mol. The Labute approximate surface area is 94.0 Å². The monoisotopic (exact) mass is 221 g/mol. The minimum Gasteiger partial charge on any atom is -0.375 e. The highest BCUT2D eigenvalue weighted by Crippen LogP contribution is 2.26. The van der Waals surface area contributed by atoms with Gasteiger partial charge in [-0.05, 0) is 31.5 Å². The van der Waals surface area contributed by atoms with Crippen LogP contribution in [0, 0.1) is 17.0 Å². The summed E-state index contributed by atoms with van der Waals surface area (Å²) < 4.78 is 0. The number of nitro benzene ring substituents is 1. The highest BCUT2D eigenvalue weighted by atomic mass is 16.6. The van der Waals surface area contributed by atoms with Crippen LogP contribution >= 0.6 is 0 Å². The Balaban J connectivity index is 2.21. The highest BCUT2D eigenvalue weighted by Gasteiger charge is 2.19. The summed E-state index contributed by atoms with van der Waals surface area (Å²) in [6.45, 7) is 3.69. The molecule has 5 nitrogen and oxygen atoms in total. The number of rotatable bonds is 3. The molecule has 0 spiro atoms. The largest absolute Gasteiger partial charge is 0.375 e. The molecule has 2 N–H and O–H groups in total. The summed E-state index contributed by atoms with van der Waals surface area (Å²) in [7, 11) is 0. The first kappa shape index (κ1) is 10.9. The molecule has 16 heavy (non-hydrogen) atoms. The van der Waals surface area contributed by atoms with Crippen molar-refractivity contribution in [3.8, 4) is 0 Å². The van der Waals surface area contributed by atoms with Gasteiger partial charge in [0.1, 0.15) is 5.69 Å². The lowest BCUT2D eigenvalue weighted by Gasteiger charge is -2.13. The Bertz CT molecular complexity index is 400. The lowest BCUT2D eigenvalue weighted by molar-refractivity contribution is -0.384. The van der Waals surface area contributed by atoms with Crippen LogP contribution in [0.3, 0.4) is 0 Å². The minimum absolute atomic E-state index is 0.159. The lowest BCUT2D eigenvalue weighted by Crippen LogP contribution is -2.22. The molecule has 1 saturated heterocycles. The van der Waals surface area contributed by atoms with E-state index in [4.69, 9.17) is 0 Å². The Morgan fingerprint density at radius 3 is 3.00 bits per heavy atom. The van der Waals surface area contributed by atoms with Crippen molar-refractivity contribution in [1.82, 2.24) is 5.32 Å². The molecule has 0 amide bonds. The standard InChI is InChI=1S/C11H15N3O2/c1-8-2-3-10(11(6-8)14(15)16)13-9-4-5-12-7-9/h2-3,6,9,12-13H,4-5,7H2,1H3. The summed E-state index contributed by atoms with van der Waals surface area (Å²) in [6.07, 6.45) is 1.00. The van der Waals surface area contributed by atoms with Crippen molar-refractivity contribution in [2.24, 2.45) is 0 Å². The van der Waals surface area contributed by atoms with Crippen molar-refractivity contribution >= 4 is 11.4 Å². The maximum Gasteiger partial charge on any atom is 0.292 e. The molecule has 86 valence electrons. The summed E-state index contributed by atoms with van der Waals surface area (Å²) in [5.74, 6) is 0. The van der Waals surface area contributed by atoms with Gasteiger partial charge >= 0.3 is 0 Å². The molecule has 0 radical (unpaired) electrons. The quantitative estimate of drug-likeness (QED) is 0.602. The van der Waals surface area contributed by atoms with E-state index in [-0.39, 0.29) is 10.6 Å². The van der Waals surface area contributed by atoms with Gasteiger partial charge in [0.15, 0.2) is 0 Å². The van der Waals surface area contributed by atoms with Crippen LogP contribution in [0.15, 0.2) is 18.2 Å². The predicted octanol–water partition coefficient (Wildman–Crippen LogP) is 1.68. The molecule has 0 bridgehead atoms. The summed E-state index contributed by atoms with van der Waals surface area (Å²) in [4.78, 5) is 10.6. The molecule has 1 aliphatic rings. The molecule has 1 aliphatic heterocycles. The molecule has 1 heterocycles. The first-order chi connectivity index (χ1) is 7.66. The fraction of sp³-hybridized carbons (Fsp3) is 0.455. The zero-order chi connectivity index (χ0) is 11.5. The van der Waals surface area contributed by atoms with Crippen LogP contribution < -0.4 is 10.6 Å². The number of hydrogen-bond donors (Lipinski definition) is 2. The van der Waals surface area contributed by atoms with Crippen LogP contribution in [0.4, 0.5) is 11.4 Å². The second-order valence-corrected chi connectivity index (χ2v) is 4.11. The van der Waals surface area contributed by atoms with E-state index in [1.54, 1.807) is 12.1 Å². The minimum atomic E-state index is -0.336. The molecule has 2 rings (SSSR count). The van der Waals surface area contributed by atoms with E-state index in [0.717, 1.165) is 25.1 Å². The van der Waals surface area contributed by atoms with Crippen molar-refractivity contribution in [2.45, 2.75) is 19.4 Å². The fourth-order valence-corrected chi connectivity index (χ4v) is 1.91. The number of hydrogen-bond acceptors (Lipinski definition) is 4. The zero-order valence-electron chi connectivity index (χ0n) is 9.19. The maximum absolute atomic E-state index is 10.9. The first-order valence-electron chi connectivity index (χ1n) is 5.39. The van der Waals surface area contributed by atoms with Gasteiger partial charge in [0.25, 0.3) is 5.69 Å². The average molecular weight is 221 g/mol. The second-order valence-electron chi connectivity index (χ2n) is 4.11. The molecule has 1 atom stereocenters. The van der Waals surface area contributed by atoms with Gasteiger partial charge < -0.3 is 10.6 Å². The summed E-state index contributed by atoms with van der Waals surface area (Å²) in [6, 6.07) is 5.57. The zero-order valence-corrected chi connectivity index (χ0v) is 9.19. The molecule has 1 aromatic rings. The van der Waals surface area contributed by atoms with Crippen LogP contribution in [-0.2, 0) is 0 Å². The van der Waals surface area contributed by atoms with E-state index in [9.17, 15) is 10.1 Å². The van der Waals surface area contributed by atoms with Gasteiger partial charge in [-0.1, -0.05) is 6.07 Å². The number of nitrogens with one attached hydrogen (secondary N) is 2. The van der Waals surface area contributed by atoms with Gasteiger partial charge in [-0.15, -0.1) is 0 Å². The summed E-state index contributed by atoms with van der Waals surface area (Å²) in [5, 5.41) is 17.3. The van der Waals surface area contributed by atoms with Crippen LogP contribution in [0.5, 0.6) is 0 Å². The molecular formula is C11H15N3O2. The molecule has 0 saturated carbocycles. The van der Waals surface area contributed by atoms with Crippen molar-refractivity contribution in [2.75, 3.05) is 18.4 Å². The van der Waals surface area contributed by atoms with Crippen LogP contribution in [0.2, 0.25) is 0 Å². The molecule has 1 fully saturated rings. The molecule has 1 aromatic carbocycles. The molecule has 0 aliphatic carbocycles. The van der Waals surface area contributed by atoms with E-state index in [2.05, 4.69) is 10.6 Å².